The molecular formula is C70H123O11P. The monoisotopic (exact) mass is 1170 g/mol. The summed E-state index contributed by atoms with van der Waals surface area (Å²) in [6.45, 7) is 4.52. The van der Waals surface area contributed by atoms with E-state index < -0.39 is 57.8 Å². The summed E-state index contributed by atoms with van der Waals surface area (Å²) < 4.78 is 39.7. The lowest BCUT2D eigenvalue weighted by Crippen LogP contribution is -2.30. The number of hydrogen-bond donors (Lipinski definition) is 2. The predicted molar refractivity (Wildman–Crippen MR) is 344 cm³/mol. The molecule has 0 aromatic rings. The molecule has 0 saturated carbocycles. The van der Waals surface area contributed by atoms with Crippen LogP contribution in [-0.2, 0) is 42.2 Å². The number of hydrogen-bond acceptors (Lipinski definition) is 10. The summed E-state index contributed by atoms with van der Waals surface area (Å²) >= 11 is 0. The molecule has 0 bridgehead atoms. The lowest BCUT2D eigenvalue weighted by Gasteiger charge is -2.21. The lowest BCUT2D eigenvalue weighted by atomic mass is 10.0. The van der Waals surface area contributed by atoms with Crippen molar-refractivity contribution in [1.29, 1.82) is 0 Å². The summed E-state index contributed by atoms with van der Waals surface area (Å²) in [5.74, 6) is -1.49. The Labute approximate surface area is 502 Å². The Morgan fingerprint density at radius 3 is 1.01 bits per heavy atom. The molecule has 474 valence electrons. The molecule has 11 nitrogen and oxygen atoms in total. The summed E-state index contributed by atoms with van der Waals surface area (Å²) in [6.07, 6.45) is 75.3. The minimum atomic E-state index is -4.77. The van der Waals surface area contributed by atoms with Crippen molar-refractivity contribution >= 4 is 25.7 Å². The molecule has 82 heavy (non-hydrogen) atoms. The Morgan fingerprint density at radius 2 is 0.634 bits per heavy atom. The van der Waals surface area contributed by atoms with E-state index in [-0.39, 0.29) is 25.9 Å². The summed E-state index contributed by atoms with van der Waals surface area (Å²) in [4.78, 5) is 48.8. The third-order valence-electron chi connectivity index (χ3n) is 14.3. The third kappa shape index (κ3) is 61.2. The van der Waals surface area contributed by atoms with Gasteiger partial charge < -0.3 is 24.2 Å². The van der Waals surface area contributed by atoms with Crippen molar-refractivity contribution in [3.8, 4) is 0 Å². The molecule has 0 spiro atoms. The number of phosphoric ester groups is 1. The first-order chi connectivity index (χ1) is 40.2. The van der Waals surface area contributed by atoms with Crippen LogP contribution >= 0.6 is 7.82 Å². The fourth-order valence-corrected chi connectivity index (χ4v) is 10.0. The minimum Gasteiger partial charge on any atom is -0.462 e. The van der Waals surface area contributed by atoms with Crippen LogP contribution in [0.4, 0.5) is 0 Å². The van der Waals surface area contributed by atoms with E-state index in [1.807, 2.05) is 0 Å². The normalized spacial score (nSPS) is 13.8. The average molecular weight is 1170 g/mol. The van der Waals surface area contributed by atoms with E-state index in [0.29, 0.717) is 19.3 Å². The molecule has 0 amide bonds. The quantitative estimate of drug-likeness (QED) is 0.0197. The van der Waals surface area contributed by atoms with Crippen LogP contribution in [-0.4, -0.2) is 66.5 Å². The maximum atomic E-state index is 13.0. The highest BCUT2D eigenvalue weighted by Crippen LogP contribution is 2.43. The molecule has 3 unspecified atom stereocenters. The van der Waals surface area contributed by atoms with E-state index in [0.717, 1.165) is 103 Å². The van der Waals surface area contributed by atoms with E-state index in [2.05, 4.69) is 106 Å². The van der Waals surface area contributed by atoms with Crippen molar-refractivity contribution < 1.29 is 52.2 Å². The zero-order chi connectivity index (χ0) is 59.8. The second kappa shape index (κ2) is 63.7. The van der Waals surface area contributed by atoms with Gasteiger partial charge in [0.05, 0.1) is 19.8 Å². The largest absolute Gasteiger partial charge is 0.472 e. The predicted octanol–water partition coefficient (Wildman–Crippen LogP) is 20.6. The van der Waals surface area contributed by atoms with Gasteiger partial charge in [-0.05, 0) is 96.3 Å². The van der Waals surface area contributed by atoms with Crippen molar-refractivity contribution in [3.05, 3.63) is 85.1 Å². The van der Waals surface area contributed by atoms with Crippen molar-refractivity contribution in [1.82, 2.24) is 0 Å². The average Bonchev–Trinajstić information content (AvgIpc) is 3.50. The fourth-order valence-electron chi connectivity index (χ4n) is 9.24. The molecule has 0 rings (SSSR count). The van der Waals surface area contributed by atoms with Gasteiger partial charge in [0.25, 0.3) is 0 Å². The molecule has 0 aliphatic heterocycles. The number of ether oxygens (including phenoxy) is 3. The van der Waals surface area contributed by atoms with Gasteiger partial charge in [0.2, 0.25) is 0 Å². The number of allylic oxidation sites excluding steroid dienone is 14. The Bertz CT molecular complexity index is 1700. The number of carbonyl (C=O) groups excluding carboxylic acids is 3. The molecule has 3 atom stereocenters. The van der Waals surface area contributed by atoms with Gasteiger partial charge >= 0.3 is 25.7 Å². The maximum absolute atomic E-state index is 13.0. The van der Waals surface area contributed by atoms with E-state index in [9.17, 15) is 28.9 Å². The highest BCUT2D eigenvalue weighted by molar-refractivity contribution is 7.47. The molecular weight excluding hydrogens is 1050 g/mol. The summed E-state index contributed by atoms with van der Waals surface area (Å²) in [7, 11) is -4.77. The number of aliphatic hydroxyl groups excluding tert-OH is 1. The second-order valence-electron chi connectivity index (χ2n) is 22.3. The Hall–Kier alpha value is -3.34. The maximum Gasteiger partial charge on any atom is 0.472 e. The van der Waals surface area contributed by atoms with Gasteiger partial charge in [0, 0.05) is 19.3 Å². The van der Waals surface area contributed by atoms with Gasteiger partial charge in [-0.3, -0.25) is 23.4 Å². The first-order valence-electron chi connectivity index (χ1n) is 33.5. The van der Waals surface area contributed by atoms with E-state index in [4.69, 9.17) is 23.3 Å². The SMILES string of the molecule is CC/C=C\C/C=C\C/C=C\C/C=C\C/C=C\CCCCCC(=O)OC(COC(=O)CCCCCCCCCCCCCCCCCCC)COP(=O)(O)OCC(CO)OC(=O)CCCCCCCCCCC/C=C\C/C=C\CCCCC. The van der Waals surface area contributed by atoms with Crippen LogP contribution in [0.3, 0.4) is 0 Å². The second-order valence-corrected chi connectivity index (χ2v) is 23.7. The summed E-state index contributed by atoms with van der Waals surface area (Å²) in [5.41, 5.74) is 0. The van der Waals surface area contributed by atoms with Gasteiger partial charge in [-0.25, -0.2) is 4.57 Å². The lowest BCUT2D eigenvalue weighted by molar-refractivity contribution is -0.161. The highest BCUT2D eigenvalue weighted by atomic mass is 31.2. The minimum absolute atomic E-state index is 0.128. The van der Waals surface area contributed by atoms with E-state index >= 15 is 0 Å². The van der Waals surface area contributed by atoms with Gasteiger partial charge in [0.15, 0.2) is 6.10 Å². The third-order valence-corrected chi connectivity index (χ3v) is 15.3. The number of phosphoric acid groups is 1. The van der Waals surface area contributed by atoms with Gasteiger partial charge in [0.1, 0.15) is 12.7 Å². The van der Waals surface area contributed by atoms with Crippen LogP contribution in [0.25, 0.3) is 0 Å². The molecule has 0 aromatic heterocycles. The first-order valence-corrected chi connectivity index (χ1v) is 35.0. The molecule has 0 aromatic carbocycles. The molecule has 0 fully saturated rings. The molecule has 0 saturated heterocycles. The number of rotatable bonds is 62. The zero-order valence-corrected chi connectivity index (χ0v) is 53.6. The zero-order valence-electron chi connectivity index (χ0n) is 52.7. The number of unbranched alkanes of at least 4 members (excludes halogenated alkanes) is 31. The van der Waals surface area contributed by atoms with Crippen molar-refractivity contribution in [2.24, 2.45) is 0 Å². The molecule has 0 radical (unpaired) electrons. The highest BCUT2D eigenvalue weighted by Gasteiger charge is 2.28. The fraction of sp³-hybridized carbons (Fsp3) is 0.757. The summed E-state index contributed by atoms with van der Waals surface area (Å²) in [5, 5.41) is 9.87. The molecule has 0 aliphatic rings. The standard InChI is InChI=1S/C70H123O11P/c1-4-7-10-13-16-19-22-25-28-31-33-36-39-42-45-48-51-54-57-60-69(73)80-66(62-71)64-78-82(75,76)79-65-67(63-77-68(72)59-56-53-50-47-44-41-38-35-30-27-24-21-18-15-12-9-6-3)81-70(74)61-58-55-52-49-46-43-40-37-34-32-29-26-23-20-17-14-11-8-5-2/h8,11,16-17,19-20,25-26,28-29,34,37,43,46,66-67,71H,4-7,9-10,12-15,18,21-24,27,30-33,35-36,38-42,44-45,47-65H2,1-3H3,(H,75,76)/b11-8-,19-16-,20-17-,28-25-,29-26-,37-34-,46-43-. The number of aliphatic hydroxyl groups is 1. The summed E-state index contributed by atoms with van der Waals surface area (Å²) in [6, 6.07) is 0. The van der Waals surface area contributed by atoms with Crippen molar-refractivity contribution in [2.75, 3.05) is 26.4 Å². The van der Waals surface area contributed by atoms with Gasteiger partial charge in [-0.15, -0.1) is 0 Å². The van der Waals surface area contributed by atoms with Gasteiger partial charge in [-0.1, -0.05) is 273 Å². The topological polar surface area (TPSA) is 155 Å². The Kier molecular flexibility index (Phi) is 61.1. The van der Waals surface area contributed by atoms with Crippen LogP contribution in [0, 0.1) is 0 Å². The van der Waals surface area contributed by atoms with Crippen LogP contribution in [0.5, 0.6) is 0 Å². The van der Waals surface area contributed by atoms with Crippen LogP contribution < -0.4 is 0 Å². The Balaban J connectivity index is 4.72. The number of carbonyl (C=O) groups is 3. The van der Waals surface area contributed by atoms with Crippen LogP contribution in [0.15, 0.2) is 85.1 Å². The van der Waals surface area contributed by atoms with Crippen LogP contribution in [0.1, 0.15) is 303 Å². The molecule has 2 N–H and O–H groups in total. The Morgan fingerprint density at radius 1 is 0.354 bits per heavy atom. The molecule has 0 aliphatic carbocycles. The van der Waals surface area contributed by atoms with Crippen molar-refractivity contribution in [2.45, 2.75) is 315 Å². The number of esters is 3. The van der Waals surface area contributed by atoms with Crippen LogP contribution in [0.2, 0.25) is 0 Å². The van der Waals surface area contributed by atoms with Gasteiger partial charge in [-0.2, -0.15) is 0 Å². The molecule has 12 heteroatoms. The smallest absolute Gasteiger partial charge is 0.462 e. The van der Waals surface area contributed by atoms with Crippen molar-refractivity contribution in [3.63, 3.8) is 0 Å². The first kappa shape index (κ1) is 78.7. The molecule has 0 heterocycles. The van der Waals surface area contributed by atoms with E-state index in [1.165, 1.54) is 141 Å². The van der Waals surface area contributed by atoms with E-state index in [1.54, 1.807) is 0 Å².